The second-order valence-corrected chi connectivity index (χ2v) is 12.7. The van der Waals surface area contributed by atoms with Crippen molar-refractivity contribution in [3.63, 3.8) is 0 Å². The molecule has 226 valence electrons. The van der Waals surface area contributed by atoms with Crippen LogP contribution in [0.3, 0.4) is 0 Å². The summed E-state index contributed by atoms with van der Waals surface area (Å²) in [5.74, 6) is -0.214. The summed E-state index contributed by atoms with van der Waals surface area (Å²) < 4.78 is 2.60. The van der Waals surface area contributed by atoms with E-state index in [0.29, 0.717) is 58.1 Å². The maximum Gasteiger partial charge on any atom is 0.264 e. The van der Waals surface area contributed by atoms with Crippen LogP contribution in [0.4, 0.5) is 11.4 Å². The van der Waals surface area contributed by atoms with E-state index in [0.717, 1.165) is 22.6 Å². The Hall–Kier alpha value is -4.62. The van der Waals surface area contributed by atoms with Crippen molar-refractivity contribution in [2.45, 2.75) is 13.1 Å². The van der Waals surface area contributed by atoms with Crippen molar-refractivity contribution in [1.82, 2.24) is 14.5 Å². The van der Waals surface area contributed by atoms with Crippen LogP contribution in [0.1, 0.15) is 36.9 Å². The van der Waals surface area contributed by atoms with Gasteiger partial charge in [0.1, 0.15) is 0 Å². The molecule has 6 rings (SSSR count). The molecular weight excluding hydrogens is 627 g/mol. The number of amides is 2. The van der Waals surface area contributed by atoms with Crippen molar-refractivity contribution in [2.24, 2.45) is 0 Å². The Morgan fingerprint density at radius 2 is 1.64 bits per heavy atom. The molecule has 0 N–H and O–H groups in total. The molecule has 1 aliphatic heterocycles. The van der Waals surface area contributed by atoms with Gasteiger partial charge in [0.25, 0.3) is 11.8 Å². The zero-order valence-corrected chi connectivity index (χ0v) is 26.5. The third-order valence-electron chi connectivity index (χ3n) is 7.78. The van der Waals surface area contributed by atoms with Gasteiger partial charge in [-0.15, -0.1) is 11.3 Å². The van der Waals surface area contributed by atoms with Crippen molar-refractivity contribution in [3.05, 3.63) is 134 Å². The third kappa shape index (κ3) is 6.89. The number of anilines is 2. The summed E-state index contributed by atoms with van der Waals surface area (Å²) in [6.07, 6.45) is 3.50. The third-order valence-corrected chi connectivity index (χ3v) is 9.33. The molecule has 1 aliphatic rings. The van der Waals surface area contributed by atoms with E-state index in [4.69, 9.17) is 28.5 Å². The number of imidazole rings is 1. The van der Waals surface area contributed by atoms with Gasteiger partial charge in [-0.3, -0.25) is 9.59 Å². The molecule has 5 aromatic rings. The van der Waals surface area contributed by atoms with Crippen molar-refractivity contribution in [3.8, 4) is 6.07 Å². The number of thiophene rings is 1. The second-order valence-electron chi connectivity index (χ2n) is 10.6. The number of benzene rings is 3. The van der Waals surface area contributed by atoms with Crippen LogP contribution in [-0.2, 0) is 13.1 Å². The molecule has 0 saturated carbocycles. The highest BCUT2D eigenvalue weighted by atomic mass is 35.5. The van der Waals surface area contributed by atoms with Crippen LogP contribution in [0.15, 0.2) is 97.5 Å². The molecule has 3 aromatic carbocycles. The summed E-state index contributed by atoms with van der Waals surface area (Å²) >= 11 is 13.8. The van der Waals surface area contributed by atoms with E-state index in [-0.39, 0.29) is 18.4 Å². The first-order valence-electron chi connectivity index (χ1n) is 14.3. The summed E-state index contributed by atoms with van der Waals surface area (Å²) in [6, 6.07) is 28.0. The molecule has 0 unspecified atom stereocenters. The van der Waals surface area contributed by atoms with Crippen LogP contribution in [0.2, 0.25) is 9.36 Å². The lowest BCUT2D eigenvalue weighted by molar-refractivity contribution is 0.0751. The molecule has 0 radical (unpaired) electrons. The largest absolute Gasteiger partial charge is 0.368 e. The van der Waals surface area contributed by atoms with Gasteiger partial charge < -0.3 is 19.3 Å². The first kappa shape index (κ1) is 30.4. The van der Waals surface area contributed by atoms with Gasteiger partial charge in [-0.1, -0.05) is 47.5 Å². The van der Waals surface area contributed by atoms with E-state index in [1.54, 1.807) is 66.0 Å². The van der Waals surface area contributed by atoms with Crippen LogP contribution < -0.4 is 9.80 Å². The Morgan fingerprint density at radius 3 is 2.31 bits per heavy atom. The Labute approximate surface area is 275 Å². The predicted octanol–water partition coefficient (Wildman–Crippen LogP) is 6.98. The van der Waals surface area contributed by atoms with E-state index in [1.807, 2.05) is 45.9 Å². The Kier molecular flexibility index (Phi) is 9.17. The van der Waals surface area contributed by atoms with Crippen LogP contribution in [0.25, 0.3) is 0 Å². The smallest absolute Gasteiger partial charge is 0.264 e. The predicted molar refractivity (Wildman–Crippen MR) is 178 cm³/mol. The van der Waals surface area contributed by atoms with E-state index in [1.165, 1.54) is 11.3 Å². The van der Waals surface area contributed by atoms with Gasteiger partial charge in [-0.05, 0) is 66.2 Å². The second kappa shape index (κ2) is 13.6. The fourth-order valence-corrected chi connectivity index (χ4v) is 6.55. The van der Waals surface area contributed by atoms with Gasteiger partial charge >= 0.3 is 0 Å². The number of carbonyl (C=O) groups excluding carboxylic acids is 2. The number of nitriles is 1. The quantitative estimate of drug-likeness (QED) is 0.180. The normalized spacial score (nSPS) is 13.0. The van der Waals surface area contributed by atoms with Crippen LogP contribution in [-0.4, -0.2) is 52.4 Å². The summed E-state index contributed by atoms with van der Waals surface area (Å²) in [4.78, 5) is 37.6. The average molecular weight is 656 g/mol. The number of halogens is 2. The maximum atomic E-state index is 14.0. The minimum Gasteiger partial charge on any atom is -0.368 e. The fourth-order valence-electron chi connectivity index (χ4n) is 5.32. The van der Waals surface area contributed by atoms with Gasteiger partial charge in [0, 0.05) is 50.3 Å². The number of hydrogen-bond acceptors (Lipinski definition) is 6. The van der Waals surface area contributed by atoms with E-state index in [2.05, 4.69) is 16.0 Å². The number of carbonyl (C=O) groups is 2. The number of nitrogens with zero attached hydrogens (tertiary/aromatic N) is 6. The SMILES string of the molecule is N#Cc1ccc(Cn2cncc2CN(C(=O)c2ccccc2Cl)c2ccc(N3CCN(C(=O)c4ccc(Cl)s4)CC3)cc2)cc1. The Morgan fingerprint density at radius 1 is 0.911 bits per heavy atom. The summed E-state index contributed by atoms with van der Waals surface area (Å²) in [6.45, 7) is 3.42. The molecule has 11 heteroatoms. The van der Waals surface area contributed by atoms with Gasteiger partial charge in [0.15, 0.2) is 0 Å². The zero-order chi connectivity index (χ0) is 31.3. The van der Waals surface area contributed by atoms with Gasteiger partial charge in [-0.25, -0.2) is 4.98 Å². The highest BCUT2D eigenvalue weighted by Crippen LogP contribution is 2.28. The van der Waals surface area contributed by atoms with Crippen molar-refractivity contribution >= 4 is 57.7 Å². The first-order chi connectivity index (χ1) is 21.9. The average Bonchev–Trinajstić information content (AvgIpc) is 3.72. The van der Waals surface area contributed by atoms with Gasteiger partial charge in [-0.2, -0.15) is 5.26 Å². The van der Waals surface area contributed by atoms with Crippen LogP contribution >= 0.6 is 34.5 Å². The molecule has 0 spiro atoms. The minimum atomic E-state index is -0.222. The van der Waals surface area contributed by atoms with Crippen molar-refractivity contribution in [2.75, 3.05) is 36.0 Å². The number of aromatic nitrogens is 2. The summed E-state index contributed by atoms with van der Waals surface area (Å²) in [5, 5.41) is 9.51. The molecule has 3 heterocycles. The summed E-state index contributed by atoms with van der Waals surface area (Å²) in [7, 11) is 0. The molecule has 2 amide bonds. The number of rotatable bonds is 8. The molecule has 1 fully saturated rings. The lowest BCUT2D eigenvalue weighted by Gasteiger charge is -2.36. The van der Waals surface area contributed by atoms with Gasteiger partial charge in [0.2, 0.25) is 0 Å². The lowest BCUT2D eigenvalue weighted by Crippen LogP contribution is -2.48. The molecule has 0 aliphatic carbocycles. The van der Waals surface area contributed by atoms with E-state index >= 15 is 0 Å². The molecule has 0 atom stereocenters. The Balaban J connectivity index is 1.20. The standard InChI is InChI=1S/C34H28Cl2N6O2S/c35-30-4-2-1-3-29(30)33(43)42(22-28-20-38-23-41(28)21-25-7-5-24(19-37)6-8-25)27-11-9-26(10-12-27)39-15-17-40(18-16-39)34(44)31-13-14-32(36)45-31/h1-14,20,23H,15-18,21-22H2. The summed E-state index contributed by atoms with van der Waals surface area (Å²) in [5.41, 5.74) is 4.61. The number of hydrogen-bond donors (Lipinski definition) is 0. The minimum absolute atomic E-state index is 0.00838. The van der Waals surface area contributed by atoms with E-state index in [9.17, 15) is 9.59 Å². The van der Waals surface area contributed by atoms with E-state index < -0.39 is 0 Å². The van der Waals surface area contributed by atoms with Crippen molar-refractivity contribution in [1.29, 1.82) is 5.26 Å². The topological polar surface area (TPSA) is 85.5 Å². The van der Waals surface area contributed by atoms with Crippen molar-refractivity contribution < 1.29 is 9.59 Å². The monoisotopic (exact) mass is 654 g/mol. The highest BCUT2D eigenvalue weighted by Gasteiger charge is 2.25. The first-order valence-corrected chi connectivity index (χ1v) is 15.9. The zero-order valence-electron chi connectivity index (χ0n) is 24.1. The van der Waals surface area contributed by atoms with Crippen LogP contribution in [0.5, 0.6) is 0 Å². The molecule has 0 bridgehead atoms. The lowest BCUT2D eigenvalue weighted by atomic mass is 10.1. The van der Waals surface area contributed by atoms with Gasteiger partial charge in [0.05, 0.1) is 50.0 Å². The molecule has 1 saturated heterocycles. The number of piperazine rings is 1. The molecule has 45 heavy (non-hydrogen) atoms. The fraction of sp³-hybridized carbons (Fsp3) is 0.176. The molecule has 8 nitrogen and oxygen atoms in total. The molecule has 2 aromatic heterocycles. The maximum absolute atomic E-state index is 14.0. The Bertz CT molecular complexity index is 1850. The molecular formula is C34H28Cl2N6O2S. The van der Waals surface area contributed by atoms with Crippen LogP contribution in [0, 0.1) is 11.3 Å². The highest BCUT2D eigenvalue weighted by molar-refractivity contribution is 7.18.